The average Bonchev–Trinajstić information content (AvgIpc) is 3.59. The van der Waals surface area contributed by atoms with E-state index in [0.717, 1.165) is 11.1 Å². The van der Waals surface area contributed by atoms with Gasteiger partial charge >= 0.3 is 0 Å². The maximum absolute atomic E-state index is 12.8. The Morgan fingerprint density at radius 3 is 2.67 bits per heavy atom. The van der Waals surface area contributed by atoms with Crippen LogP contribution in [0.4, 0.5) is 0 Å². The van der Waals surface area contributed by atoms with Crippen LogP contribution in [0.15, 0.2) is 42.9 Å². The second-order valence-corrected chi connectivity index (χ2v) is 8.09. The molecule has 3 atom stereocenters. The standard InChI is InChI=1S/C23H22N4O3/c28-14-20-22(17-7-5-16(6-8-17)4-3-15-1-2-15)19-12-26(13-21(29)27(19)20)23(30)18-11-24-9-10-25-18/h5-11,15,19-20,22,28H,1-2,12-14H2/t19-,20+,22+/m0/s1. The van der Waals surface area contributed by atoms with E-state index in [0.29, 0.717) is 12.5 Å². The lowest BCUT2D eigenvalue weighted by molar-refractivity contribution is -0.159. The first-order valence-electron chi connectivity index (χ1n) is 10.2. The monoisotopic (exact) mass is 402 g/mol. The van der Waals surface area contributed by atoms with Crippen LogP contribution in [0.25, 0.3) is 0 Å². The summed E-state index contributed by atoms with van der Waals surface area (Å²) in [5, 5.41) is 9.92. The van der Waals surface area contributed by atoms with Crippen molar-refractivity contribution < 1.29 is 14.7 Å². The Morgan fingerprint density at radius 2 is 2.00 bits per heavy atom. The van der Waals surface area contributed by atoms with Crippen LogP contribution in [-0.2, 0) is 4.79 Å². The topological polar surface area (TPSA) is 86.6 Å². The van der Waals surface area contributed by atoms with Gasteiger partial charge in [0.15, 0.2) is 0 Å². The second-order valence-electron chi connectivity index (χ2n) is 8.09. The third-order valence-corrected chi connectivity index (χ3v) is 6.12. The number of carbonyl (C=O) groups is 2. The fourth-order valence-corrected chi connectivity index (χ4v) is 4.43. The van der Waals surface area contributed by atoms with E-state index in [2.05, 4.69) is 21.8 Å². The molecular weight excluding hydrogens is 380 g/mol. The van der Waals surface area contributed by atoms with Crippen molar-refractivity contribution in [1.29, 1.82) is 0 Å². The number of hydrogen-bond donors (Lipinski definition) is 1. The lowest BCUT2D eigenvalue weighted by atomic mass is 9.73. The lowest BCUT2D eigenvalue weighted by Crippen LogP contribution is -2.73. The Hall–Kier alpha value is -3.24. The summed E-state index contributed by atoms with van der Waals surface area (Å²) in [6.07, 6.45) is 6.77. The molecule has 1 aliphatic carbocycles. The van der Waals surface area contributed by atoms with E-state index in [9.17, 15) is 14.7 Å². The molecule has 1 saturated carbocycles. The van der Waals surface area contributed by atoms with Crippen molar-refractivity contribution in [2.45, 2.75) is 30.8 Å². The highest BCUT2D eigenvalue weighted by Gasteiger charge is 2.54. The number of piperazine rings is 1. The van der Waals surface area contributed by atoms with Gasteiger partial charge in [-0.1, -0.05) is 24.0 Å². The predicted molar refractivity (Wildman–Crippen MR) is 108 cm³/mol. The summed E-state index contributed by atoms with van der Waals surface area (Å²) < 4.78 is 0. The molecule has 7 heteroatoms. The minimum absolute atomic E-state index is 0.00911. The van der Waals surface area contributed by atoms with E-state index < -0.39 is 0 Å². The fourth-order valence-electron chi connectivity index (χ4n) is 4.43. The Morgan fingerprint density at radius 1 is 1.20 bits per heavy atom. The number of aliphatic hydroxyl groups excluding tert-OH is 1. The zero-order valence-corrected chi connectivity index (χ0v) is 16.4. The molecular formula is C23H22N4O3. The van der Waals surface area contributed by atoms with E-state index >= 15 is 0 Å². The molecule has 1 aromatic carbocycles. The molecule has 30 heavy (non-hydrogen) atoms. The van der Waals surface area contributed by atoms with Crippen LogP contribution >= 0.6 is 0 Å². The molecule has 1 N–H and O–H groups in total. The van der Waals surface area contributed by atoms with Crippen LogP contribution in [0.5, 0.6) is 0 Å². The van der Waals surface area contributed by atoms with Gasteiger partial charge in [-0.2, -0.15) is 0 Å². The Kier molecular flexibility index (Phi) is 4.72. The SMILES string of the molecule is O=C(c1cnccn1)N1CC(=O)N2[C@H](CO)[C@H](c3ccc(C#CC4CC4)cc3)[C@@H]2C1. The molecule has 152 valence electrons. The van der Waals surface area contributed by atoms with Gasteiger partial charge in [-0.25, -0.2) is 4.98 Å². The second kappa shape index (κ2) is 7.54. The number of aliphatic hydroxyl groups is 1. The number of amides is 2. The maximum atomic E-state index is 12.8. The number of carbonyl (C=O) groups excluding carboxylic acids is 2. The van der Waals surface area contributed by atoms with Crippen molar-refractivity contribution in [1.82, 2.24) is 19.8 Å². The average molecular weight is 402 g/mol. The molecule has 7 nitrogen and oxygen atoms in total. The van der Waals surface area contributed by atoms with Crippen LogP contribution in [0.3, 0.4) is 0 Å². The van der Waals surface area contributed by atoms with E-state index in [1.807, 2.05) is 24.3 Å². The molecule has 0 radical (unpaired) electrons. The summed E-state index contributed by atoms with van der Waals surface area (Å²) >= 11 is 0. The summed E-state index contributed by atoms with van der Waals surface area (Å²) in [7, 11) is 0. The number of aromatic nitrogens is 2. The summed E-state index contributed by atoms with van der Waals surface area (Å²) in [5.41, 5.74) is 2.25. The van der Waals surface area contributed by atoms with Crippen molar-refractivity contribution >= 4 is 11.8 Å². The van der Waals surface area contributed by atoms with E-state index in [-0.39, 0.29) is 48.7 Å². The molecule has 3 heterocycles. The summed E-state index contributed by atoms with van der Waals surface area (Å²) in [6, 6.07) is 7.61. The van der Waals surface area contributed by atoms with Gasteiger partial charge in [0.1, 0.15) is 12.2 Å². The molecule has 0 bridgehead atoms. The van der Waals surface area contributed by atoms with E-state index in [1.165, 1.54) is 36.3 Å². The molecule has 5 rings (SSSR count). The molecule has 3 fully saturated rings. The van der Waals surface area contributed by atoms with Gasteiger partial charge in [-0.15, -0.1) is 0 Å². The minimum Gasteiger partial charge on any atom is -0.394 e. The lowest BCUT2D eigenvalue weighted by Gasteiger charge is -2.58. The van der Waals surface area contributed by atoms with Gasteiger partial charge in [0.25, 0.3) is 5.91 Å². The first-order chi connectivity index (χ1) is 14.7. The summed E-state index contributed by atoms with van der Waals surface area (Å²) in [5.74, 6) is 6.54. The van der Waals surface area contributed by atoms with Crippen molar-refractivity contribution in [2.75, 3.05) is 19.7 Å². The molecule has 2 aliphatic heterocycles. The number of benzene rings is 1. The molecule has 0 spiro atoms. The number of hydrogen-bond acceptors (Lipinski definition) is 5. The number of nitrogens with zero attached hydrogens (tertiary/aromatic N) is 4. The van der Waals surface area contributed by atoms with Gasteiger partial charge in [0, 0.05) is 36.3 Å². The number of fused-ring (bicyclic) bond motifs is 1. The van der Waals surface area contributed by atoms with Gasteiger partial charge in [0.2, 0.25) is 5.91 Å². The molecule has 0 unspecified atom stereocenters. The third kappa shape index (κ3) is 3.33. The summed E-state index contributed by atoms with van der Waals surface area (Å²) in [6.45, 7) is 0.296. The fraction of sp³-hybridized carbons (Fsp3) is 0.391. The Labute approximate surface area is 174 Å². The van der Waals surface area contributed by atoms with E-state index in [1.54, 1.807) is 4.90 Å². The Bertz CT molecular complexity index is 1020. The number of rotatable bonds is 3. The predicted octanol–water partition coefficient (Wildman–Crippen LogP) is 1.05. The van der Waals surface area contributed by atoms with Gasteiger partial charge in [-0.05, 0) is 30.5 Å². The highest BCUT2D eigenvalue weighted by atomic mass is 16.3. The quantitative estimate of drug-likeness (QED) is 0.776. The highest BCUT2D eigenvalue weighted by Crippen LogP contribution is 2.43. The van der Waals surface area contributed by atoms with Crippen LogP contribution in [0.2, 0.25) is 0 Å². The van der Waals surface area contributed by atoms with Crippen LogP contribution in [0, 0.1) is 17.8 Å². The van der Waals surface area contributed by atoms with Crippen LogP contribution in [0.1, 0.15) is 40.4 Å². The molecule has 1 aromatic heterocycles. The van der Waals surface area contributed by atoms with Gasteiger partial charge in [0.05, 0.1) is 24.9 Å². The minimum atomic E-state index is -0.298. The maximum Gasteiger partial charge on any atom is 0.274 e. The first kappa shape index (κ1) is 18.8. The molecule has 2 saturated heterocycles. The zero-order chi connectivity index (χ0) is 20.7. The Balaban J connectivity index is 1.36. The molecule has 2 aromatic rings. The van der Waals surface area contributed by atoms with Crippen molar-refractivity contribution in [3.63, 3.8) is 0 Å². The zero-order valence-electron chi connectivity index (χ0n) is 16.4. The highest BCUT2D eigenvalue weighted by molar-refractivity contribution is 5.95. The third-order valence-electron chi connectivity index (χ3n) is 6.12. The van der Waals surface area contributed by atoms with Crippen molar-refractivity contribution in [2.24, 2.45) is 5.92 Å². The largest absolute Gasteiger partial charge is 0.394 e. The van der Waals surface area contributed by atoms with Crippen molar-refractivity contribution in [3.8, 4) is 11.8 Å². The summed E-state index contributed by atoms with van der Waals surface area (Å²) in [4.78, 5) is 36.8. The first-order valence-corrected chi connectivity index (χ1v) is 10.2. The van der Waals surface area contributed by atoms with Gasteiger partial charge < -0.3 is 14.9 Å². The smallest absolute Gasteiger partial charge is 0.274 e. The van der Waals surface area contributed by atoms with Gasteiger partial charge in [-0.3, -0.25) is 14.6 Å². The van der Waals surface area contributed by atoms with Crippen LogP contribution < -0.4 is 0 Å². The van der Waals surface area contributed by atoms with E-state index in [4.69, 9.17) is 0 Å². The normalized spacial score (nSPS) is 25.1. The molecule has 3 aliphatic rings. The molecule has 2 amide bonds. The van der Waals surface area contributed by atoms with Crippen molar-refractivity contribution in [3.05, 3.63) is 59.7 Å². The van der Waals surface area contributed by atoms with Crippen LogP contribution in [-0.4, -0.2) is 68.5 Å².